The molecule has 0 aliphatic heterocycles. The van der Waals surface area contributed by atoms with Crippen LogP contribution in [0, 0.1) is 0 Å². The van der Waals surface area contributed by atoms with Gasteiger partial charge in [-0.3, -0.25) is 4.79 Å². The molecule has 1 heterocycles. The molecule has 0 bridgehead atoms. The van der Waals surface area contributed by atoms with Crippen molar-refractivity contribution in [1.29, 1.82) is 0 Å². The lowest BCUT2D eigenvalue weighted by molar-refractivity contribution is 0.0689. The molecule has 6 nitrogen and oxygen atoms in total. The quantitative estimate of drug-likeness (QED) is 0.839. The van der Waals surface area contributed by atoms with E-state index in [0.29, 0.717) is 24.6 Å². The molecule has 1 aromatic carbocycles. The number of aromatic nitrogens is 2. The van der Waals surface area contributed by atoms with Gasteiger partial charge in [-0.15, -0.1) is 0 Å². The number of aromatic amines is 1. The second-order valence-corrected chi connectivity index (χ2v) is 3.79. The highest BCUT2D eigenvalue weighted by Gasteiger charge is 2.08. The van der Waals surface area contributed by atoms with Gasteiger partial charge in [0.15, 0.2) is 5.69 Å². The van der Waals surface area contributed by atoms with Crippen molar-refractivity contribution in [2.45, 2.75) is 6.42 Å². The topological polar surface area (TPSA) is 92.3 Å². The van der Waals surface area contributed by atoms with Crippen LogP contribution in [0.25, 0.3) is 0 Å². The molecular formula is C13H12N2O4. The van der Waals surface area contributed by atoms with Gasteiger partial charge in [-0.05, 0) is 12.1 Å². The van der Waals surface area contributed by atoms with E-state index < -0.39 is 11.5 Å². The molecule has 0 unspecified atom stereocenters. The van der Waals surface area contributed by atoms with Crippen LogP contribution in [-0.4, -0.2) is 27.7 Å². The van der Waals surface area contributed by atoms with Gasteiger partial charge in [-0.2, -0.15) is 0 Å². The second-order valence-electron chi connectivity index (χ2n) is 3.79. The summed E-state index contributed by atoms with van der Waals surface area (Å²) in [5.41, 5.74) is -0.749. The molecule has 0 radical (unpaired) electrons. The summed E-state index contributed by atoms with van der Waals surface area (Å²) in [7, 11) is 0. The highest BCUT2D eigenvalue weighted by atomic mass is 16.5. The average Bonchev–Trinajstić information content (AvgIpc) is 2.39. The number of para-hydroxylation sites is 1. The maximum atomic E-state index is 11.2. The van der Waals surface area contributed by atoms with Crippen molar-refractivity contribution in [3.05, 3.63) is 58.3 Å². The SMILES string of the molecule is O=C(O)c1cc(=O)[nH]c(CCOc2ccccc2)n1. The van der Waals surface area contributed by atoms with E-state index in [-0.39, 0.29) is 5.69 Å². The van der Waals surface area contributed by atoms with Crippen LogP contribution in [0.3, 0.4) is 0 Å². The van der Waals surface area contributed by atoms with Gasteiger partial charge in [0.25, 0.3) is 5.56 Å². The molecule has 2 rings (SSSR count). The molecule has 0 atom stereocenters. The zero-order valence-electron chi connectivity index (χ0n) is 10.00. The van der Waals surface area contributed by atoms with Crippen LogP contribution in [0.2, 0.25) is 0 Å². The number of hydrogen-bond acceptors (Lipinski definition) is 4. The molecule has 0 saturated heterocycles. The van der Waals surface area contributed by atoms with Gasteiger partial charge in [0.2, 0.25) is 0 Å². The molecule has 98 valence electrons. The predicted molar refractivity (Wildman–Crippen MR) is 67.5 cm³/mol. The predicted octanol–water partition coefficient (Wildman–Crippen LogP) is 1.09. The van der Waals surface area contributed by atoms with E-state index in [2.05, 4.69) is 9.97 Å². The first-order valence-corrected chi connectivity index (χ1v) is 5.66. The Labute approximate surface area is 108 Å². The summed E-state index contributed by atoms with van der Waals surface area (Å²) < 4.78 is 5.44. The maximum absolute atomic E-state index is 11.2. The van der Waals surface area contributed by atoms with Crippen LogP contribution in [-0.2, 0) is 6.42 Å². The first kappa shape index (κ1) is 12.8. The van der Waals surface area contributed by atoms with Crippen LogP contribution in [0.4, 0.5) is 0 Å². The van der Waals surface area contributed by atoms with Gasteiger partial charge in [0.1, 0.15) is 11.6 Å². The molecule has 19 heavy (non-hydrogen) atoms. The molecule has 2 N–H and O–H groups in total. The molecule has 0 fully saturated rings. The lowest BCUT2D eigenvalue weighted by Gasteiger charge is -2.05. The van der Waals surface area contributed by atoms with E-state index in [1.54, 1.807) is 0 Å². The molecule has 0 aliphatic carbocycles. The normalized spacial score (nSPS) is 10.1. The number of carbonyl (C=O) groups is 1. The van der Waals surface area contributed by atoms with E-state index in [1.807, 2.05) is 30.3 Å². The molecule has 0 amide bonds. The van der Waals surface area contributed by atoms with Crippen LogP contribution < -0.4 is 10.3 Å². The first-order valence-electron chi connectivity index (χ1n) is 5.66. The number of H-pyrrole nitrogens is 1. The van der Waals surface area contributed by atoms with E-state index >= 15 is 0 Å². The van der Waals surface area contributed by atoms with Crippen molar-refractivity contribution in [1.82, 2.24) is 9.97 Å². The molecule has 1 aromatic heterocycles. The van der Waals surface area contributed by atoms with Gasteiger partial charge in [0, 0.05) is 12.5 Å². The van der Waals surface area contributed by atoms with Crippen molar-refractivity contribution in [3.63, 3.8) is 0 Å². The standard InChI is InChI=1S/C13H12N2O4/c16-12-8-10(13(17)18)14-11(15-12)6-7-19-9-4-2-1-3-5-9/h1-5,8H,6-7H2,(H,17,18)(H,14,15,16). The second kappa shape index (κ2) is 5.81. The number of carboxylic acids is 1. The molecule has 6 heteroatoms. The van der Waals surface area contributed by atoms with Crippen LogP contribution in [0.15, 0.2) is 41.2 Å². The smallest absolute Gasteiger partial charge is 0.354 e. The minimum atomic E-state index is -1.23. The maximum Gasteiger partial charge on any atom is 0.354 e. The van der Waals surface area contributed by atoms with E-state index in [9.17, 15) is 9.59 Å². The highest BCUT2D eigenvalue weighted by Crippen LogP contribution is 2.08. The average molecular weight is 260 g/mol. The number of nitrogens with zero attached hydrogens (tertiary/aromatic N) is 1. The first-order chi connectivity index (χ1) is 9.15. The zero-order chi connectivity index (χ0) is 13.7. The summed E-state index contributed by atoms with van der Waals surface area (Å²) in [4.78, 5) is 28.3. The summed E-state index contributed by atoms with van der Waals surface area (Å²) in [6, 6.07) is 10.1. The Morgan fingerprint density at radius 1 is 1.32 bits per heavy atom. The minimum Gasteiger partial charge on any atom is -0.493 e. The molecule has 0 spiro atoms. The molecule has 0 aliphatic rings. The monoisotopic (exact) mass is 260 g/mol. The van der Waals surface area contributed by atoms with E-state index in [0.717, 1.165) is 6.07 Å². The van der Waals surface area contributed by atoms with Crippen molar-refractivity contribution in [2.75, 3.05) is 6.61 Å². The summed E-state index contributed by atoms with van der Waals surface area (Å²) >= 11 is 0. The Balaban J connectivity index is 2.00. The molecule has 0 saturated carbocycles. The fourth-order valence-electron chi connectivity index (χ4n) is 1.52. The minimum absolute atomic E-state index is 0.265. The third kappa shape index (κ3) is 3.67. The lowest BCUT2D eigenvalue weighted by atomic mass is 10.3. The van der Waals surface area contributed by atoms with E-state index in [4.69, 9.17) is 9.84 Å². The summed E-state index contributed by atoms with van der Waals surface area (Å²) in [6.45, 7) is 0.302. The number of carboxylic acid groups (broad SMARTS) is 1. The Kier molecular flexibility index (Phi) is 3.92. The molecule has 2 aromatic rings. The number of rotatable bonds is 5. The van der Waals surface area contributed by atoms with Crippen molar-refractivity contribution < 1.29 is 14.6 Å². The van der Waals surface area contributed by atoms with Crippen molar-refractivity contribution in [3.8, 4) is 5.75 Å². The summed E-state index contributed by atoms with van der Waals surface area (Å²) in [6.07, 6.45) is 0.325. The Bertz CT molecular complexity index is 622. The number of benzene rings is 1. The fraction of sp³-hybridized carbons (Fsp3) is 0.154. The van der Waals surface area contributed by atoms with Crippen molar-refractivity contribution in [2.24, 2.45) is 0 Å². The Morgan fingerprint density at radius 3 is 2.74 bits per heavy atom. The van der Waals surface area contributed by atoms with Crippen LogP contribution in [0.1, 0.15) is 16.3 Å². The van der Waals surface area contributed by atoms with E-state index in [1.165, 1.54) is 0 Å². The van der Waals surface area contributed by atoms with Gasteiger partial charge in [-0.1, -0.05) is 18.2 Å². The van der Waals surface area contributed by atoms with Crippen LogP contribution >= 0.6 is 0 Å². The third-order valence-corrected chi connectivity index (χ3v) is 2.36. The van der Waals surface area contributed by atoms with Gasteiger partial charge < -0.3 is 14.8 Å². The van der Waals surface area contributed by atoms with Gasteiger partial charge in [0.05, 0.1) is 6.61 Å². The van der Waals surface area contributed by atoms with Crippen LogP contribution in [0.5, 0.6) is 5.75 Å². The Morgan fingerprint density at radius 2 is 2.05 bits per heavy atom. The van der Waals surface area contributed by atoms with Gasteiger partial charge >= 0.3 is 5.97 Å². The summed E-state index contributed by atoms with van der Waals surface area (Å²) in [5, 5.41) is 8.79. The highest BCUT2D eigenvalue weighted by molar-refractivity contribution is 5.85. The lowest BCUT2D eigenvalue weighted by Crippen LogP contribution is -2.17. The number of hydrogen-bond donors (Lipinski definition) is 2. The zero-order valence-corrected chi connectivity index (χ0v) is 10.00. The van der Waals surface area contributed by atoms with Gasteiger partial charge in [-0.25, -0.2) is 9.78 Å². The Hall–Kier alpha value is -2.63. The summed E-state index contributed by atoms with van der Waals surface area (Å²) in [5.74, 6) is -0.226. The number of aromatic carboxylic acids is 1. The fourth-order valence-corrected chi connectivity index (χ4v) is 1.52. The number of ether oxygens (including phenoxy) is 1. The largest absolute Gasteiger partial charge is 0.493 e. The van der Waals surface area contributed by atoms with Crippen molar-refractivity contribution >= 4 is 5.97 Å². The molecular weight excluding hydrogens is 248 g/mol. The number of nitrogens with one attached hydrogen (secondary N) is 1. The third-order valence-electron chi connectivity index (χ3n) is 2.36.